The van der Waals surface area contributed by atoms with Crippen molar-refractivity contribution in [2.45, 2.75) is 38.5 Å². The maximum atomic E-state index is 2.52. The fourth-order valence-electron chi connectivity index (χ4n) is 11.0. The lowest BCUT2D eigenvalue weighted by molar-refractivity contribution is 0.660. The molecule has 0 atom stereocenters. The van der Waals surface area contributed by atoms with Crippen molar-refractivity contribution in [2.24, 2.45) is 0 Å². The van der Waals surface area contributed by atoms with Crippen molar-refractivity contribution in [1.29, 1.82) is 0 Å². The zero-order valence-corrected chi connectivity index (χ0v) is 34.1. The van der Waals surface area contributed by atoms with Crippen LogP contribution in [0.2, 0.25) is 0 Å². The number of para-hydroxylation sites is 4. The summed E-state index contributed by atoms with van der Waals surface area (Å²) in [5.74, 6) is 0. The van der Waals surface area contributed by atoms with Crippen LogP contribution < -0.4 is 9.80 Å². The van der Waals surface area contributed by atoms with E-state index in [1.165, 1.54) is 117 Å². The summed E-state index contributed by atoms with van der Waals surface area (Å²) >= 11 is 0. The van der Waals surface area contributed by atoms with Crippen LogP contribution in [0.15, 0.2) is 176 Å². The second-order valence-electron chi connectivity index (χ2n) is 17.8. The lowest BCUT2D eigenvalue weighted by atomic mass is 9.80. The molecule has 0 spiro atoms. The molecule has 0 amide bonds. The van der Waals surface area contributed by atoms with Gasteiger partial charge in [0.15, 0.2) is 0 Å². The van der Waals surface area contributed by atoms with Gasteiger partial charge in [-0.05, 0) is 120 Å². The summed E-state index contributed by atoms with van der Waals surface area (Å²) in [7, 11) is 2.19. The molecule has 0 fully saturated rings. The van der Waals surface area contributed by atoms with Gasteiger partial charge in [0.05, 0.1) is 28.4 Å². The van der Waals surface area contributed by atoms with Gasteiger partial charge in [-0.25, -0.2) is 0 Å². The average molecular weight is 757 g/mol. The van der Waals surface area contributed by atoms with Gasteiger partial charge in [0.1, 0.15) is 0 Å². The van der Waals surface area contributed by atoms with E-state index in [9.17, 15) is 0 Å². The Labute approximate surface area is 346 Å². The van der Waals surface area contributed by atoms with Gasteiger partial charge in [-0.1, -0.05) is 161 Å². The predicted molar refractivity (Wildman–Crippen MR) is 250 cm³/mol. The van der Waals surface area contributed by atoms with Crippen molar-refractivity contribution in [3.63, 3.8) is 0 Å². The zero-order chi connectivity index (χ0) is 39.8. The molecule has 0 aromatic heterocycles. The molecule has 0 radical (unpaired) electrons. The van der Waals surface area contributed by atoms with Crippen LogP contribution in [0.25, 0.3) is 66.1 Å². The van der Waals surface area contributed by atoms with Gasteiger partial charge < -0.3 is 9.80 Å². The highest BCUT2D eigenvalue weighted by atomic mass is 15.3. The summed E-state index contributed by atoms with van der Waals surface area (Å²) in [5, 5.41) is 4.96. The van der Waals surface area contributed by atoms with Crippen molar-refractivity contribution >= 4 is 50.0 Å². The highest BCUT2D eigenvalue weighted by Gasteiger charge is 2.37. The summed E-state index contributed by atoms with van der Waals surface area (Å²) in [6, 6.07) is 66.3. The fraction of sp³-hybridized carbons (Fsp3) is 0.123. The fourth-order valence-corrected chi connectivity index (χ4v) is 11.0. The van der Waals surface area contributed by atoms with Crippen LogP contribution in [-0.4, -0.2) is 7.05 Å². The molecular weight excluding hydrogens is 713 g/mol. The Balaban J connectivity index is 1.16. The van der Waals surface area contributed by atoms with Crippen molar-refractivity contribution in [2.75, 3.05) is 16.8 Å². The number of rotatable bonds is 3. The van der Waals surface area contributed by atoms with E-state index in [0.717, 1.165) is 0 Å². The smallest absolute Gasteiger partial charge is 0.0700 e. The SMILES string of the molecule is CN1c2ccccc2N(c2c3ccccc3c(-c3ccc4c(c3)C(C)(C)c3ccccc3-4)c3cc(-c4ccc5c(c4)C(C)(C)c4ccccc4-5)ccc23)c2ccccc21. The maximum absolute atomic E-state index is 2.52. The standard InChI is InChI=1S/C57H44N2/c1-56(2)46-20-10-8-16-38(46)40-29-26-36(33-48(40)56)35-27-31-44-45(32-35)54(37-28-30-41-39-17-9-11-21-47(39)57(3,4)49(41)34-37)42-18-6-7-19-43(42)55(44)59-52-24-14-12-22-50(52)58(5)51-23-13-15-25-53(51)59/h6-34H,1-5H3. The van der Waals surface area contributed by atoms with Gasteiger partial charge in [0.25, 0.3) is 0 Å². The summed E-state index contributed by atoms with van der Waals surface area (Å²) in [5.41, 5.74) is 21.7. The molecule has 59 heavy (non-hydrogen) atoms. The van der Waals surface area contributed by atoms with E-state index in [2.05, 4.69) is 220 Å². The third-order valence-corrected chi connectivity index (χ3v) is 14.0. The van der Waals surface area contributed by atoms with Crippen molar-refractivity contribution in [3.8, 4) is 44.5 Å². The molecule has 0 unspecified atom stereocenters. The molecule has 9 aromatic carbocycles. The molecule has 2 aliphatic carbocycles. The van der Waals surface area contributed by atoms with Gasteiger partial charge in [0.2, 0.25) is 0 Å². The van der Waals surface area contributed by atoms with E-state index in [1.54, 1.807) is 0 Å². The molecule has 0 N–H and O–H groups in total. The summed E-state index contributed by atoms with van der Waals surface area (Å²) < 4.78 is 0. The molecule has 2 heteroatoms. The molecule has 9 aromatic rings. The minimum atomic E-state index is -0.110. The normalized spacial score (nSPS) is 15.1. The van der Waals surface area contributed by atoms with Gasteiger partial charge in [-0.15, -0.1) is 0 Å². The molecule has 0 bridgehead atoms. The Hall–Kier alpha value is -6.90. The first-order valence-electron chi connectivity index (χ1n) is 20.9. The molecule has 1 aliphatic heterocycles. The number of hydrogen-bond donors (Lipinski definition) is 0. The number of anilines is 5. The topological polar surface area (TPSA) is 6.48 Å². The van der Waals surface area contributed by atoms with Crippen molar-refractivity contribution < 1.29 is 0 Å². The number of hydrogen-bond acceptors (Lipinski definition) is 2. The third kappa shape index (κ3) is 4.63. The molecule has 2 nitrogen and oxygen atoms in total. The molecule has 0 saturated heterocycles. The molecular formula is C57H44N2. The van der Waals surface area contributed by atoms with E-state index in [-0.39, 0.29) is 10.8 Å². The van der Waals surface area contributed by atoms with E-state index in [1.807, 2.05) is 0 Å². The third-order valence-electron chi connectivity index (χ3n) is 14.0. The van der Waals surface area contributed by atoms with Crippen molar-refractivity contribution in [1.82, 2.24) is 0 Å². The Morgan fingerprint density at radius 3 is 1.37 bits per heavy atom. The van der Waals surface area contributed by atoms with E-state index in [0.29, 0.717) is 0 Å². The second kappa shape index (κ2) is 12.1. The average Bonchev–Trinajstić information content (AvgIpc) is 3.65. The number of fused-ring (bicyclic) bond motifs is 10. The van der Waals surface area contributed by atoms with E-state index < -0.39 is 0 Å². The first-order valence-corrected chi connectivity index (χ1v) is 20.9. The van der Waals surface area contributed by atoms with Gasteiger partial charge in [-0.3, -0.25) is 0 Å². The minimum absolute atomic E-state index is 0.0790. The van der Waals surface area contributed by atoms with Gasteiger partial charge in [0, 0.05) is 28.7 Å². The monoisotopic (exact) mass is 756 g/mol. The van der Waals surface area contributed by atoms with Crippen LogP contribution in [0.3, 0.4) is 0 Å². The van der Waals surface area contributed by atoms with Crippen LogP contribution in [0.5, 0.6) is 0 Å². The van der Waals surface area contributed by atoms with E-state index in [4.69, 9.17) is 0 Å². The highest BCUT2D eigenvalue weighted by Crippen LogP contribution is 2.57. The highest BCUT2D eigenvalue weighted by molar-refractivity contribution is 6.24. The molecule has 3 aliphatic rings. The van der Waals surface area contributed by atoms with E-state index >= 15 is 0 Å². The zero-order valence-electron chi connectivity index (χ0n) is 34.1. The summed E-state index contributed by atoms with van der Waals surface area (Å²) in [6.07, 6.45) is 0. The molecule has 282 valence electrons. The molecule has 12 rings (SSSR count). The largest absolute Gasteiger partial charge is 0.341 e. The number of nitrogens with zero attached hydrogens (tertiary/aromatic N) is 2. The molecule has 1 heterocycles. The summed E-state index contributed by atoms with van der Waals surface area (Å²) in [6.45, 7) is 9.51. The predicted octanol–water partition coefficient (Wildman–Crippen LogP) is 15.5. The lowest BCUT2D eigenvalue weighted by Gasteiger charge is -2.39. The maximum Gasteiger partial charge on any atom is 0.0700 e. The van der Waals surface area contributed by atoms with Crippen molar-refractivity contribution in [3.05, 3.63) is 198 Å². The Kier molecular flexibility index (Phi) is 6.99. The molecule has 0 saturated carbocycles. The summed E-state index contributed by atoms with van der Waals surface area (Å²) in [4.78, 5) is 4.85. The Bertz CT molecular complexity index is 3210. The number of benzene rings is 9. The second-order valence-corrected chi connectivity index (χ2v) is 17.8. The Morgan fingerprint density at radius 1 is 0.339 bits per heavy atom. The van der Waals surface area contributed by atoms with Crippen LogP contribution in [0.1, 0.15) is 49.9 Å². The van der Waals surface area contributed by atoms with Crippen LogP contribution in [0, 0.1) is 0 Å². The van der Waals surface area contributed by atoms with Crippen LogP contribution >= 0.6 is 0 Å². The quantitative estimate of drug-likeness (QED) is 0.166. The van der Waals surface area contributed by atoms with Crippen LogP contribution in [0.4, 0.5) is 28.4 Å². The van der Waals surface area contributed by atoms with Crippen LogP contribution in [-0.2, 0) is 10.8 Å². The van der Waals surface area contributed by atoms with Gasteiger partial charge in [-0.2, -0.15) is 0 Å². The Morgan fingerprint density at radius 2 is 0.763 bits per heavy atom. The lowest BCUT2D eigenvalue weighted by Crippen LogP contribution is -2.24. The minimum Gasteiger partial charge on any atom is -0.341 e. The van der Waals surface area contributed by atoms with Gasteiger partial charge >= 0.3 is 0 Å². The first-order chi connectivity index (χ1) is 28.7. The first kappa shape index (κ1) is 34.2.